The van der Waals surface area contributed by atoms with E-state index >= 15 is 0 Å². The van der Waals surface area contributed by atoms with Gasteiger partial charge in [0, 0.05) is 19.6 Å². The molecular formula is C14H28N2O2S. The number of piperidine rings is 1. The normalized spacial score (nSPS) is 29.6. The standard InChI is InChI=1S/C14H28N2O2S/c1-14(2)8-6-12(7-9-14)16(3)19(17,18)13-5-4-10-15-11-13/h12-13,15H,4-11H2,1-3H3. The Balaban J connectivity index is 2.00. The first-order valence-electron chi connectivity index (χ1n) is 7.50. The van der Waals surface area contributed by atoms with Crippen molar-refractivity contribution in [1.29, 1.82) is 0 Å². The minimum atomic E-state index is -3.13. The van der Waals surface area contributed by atoms with Crippen molar-refractivity contribution in [1.82, 2.24) is 9.62 Å². The zero-order chi connectivity index (χ0) is 14.1. The van der Waals surface area contributed by atoms with Crippen LogP contribution in [0, 0.1) is 5.41 Å². The van der Waals surface area contributed by atoms with Gasteiger partial charge in [-0.25, -0.2) is 12.7 Å². The van der Waals surface area contributed by atoms with Crippen molar-refractivity contribution in [3.05, 3.63) is 0 Å². The number of sulfonamides is 1. The molecule has 4 nitrogen and oxygen atoms in total. The van der Waals surface area contributed by atoms with Gasteiger partial charge < -0.3 is 5.32 Å². The summed E-state index contributed by atoms with van der Waals surface area (Å²) in [6.45, 7) is 6.13. The summed E-state index contributed by atoms with van der Waals surface area (Å²) < 4.78 is 26.9. The largest absolute Gasteiger partial charge is 0.315 e. The highest BCUT2D eigenvalue weighted by molar-refractivity contribution is 7.89. The topological polar surface area (TPSA) is 49.4 Å². The quantitative estimate of drug-likeness (QED) is 0.864. The lowest BCUT2D eigenvalue weighted by molar-refractivity contribution is 0.173. The molecular weight excluding hydrogens is 260 g/mol. The molecule has 1 aliphatic heterocycles. The Labute approximate surface area is 118 Å². The summed E-state index contributed by atoms with van der Waals surface area (Å²) in [5.41, 5.74) is 0.382. The van der Waals surface area contributed by atoms with Gasteiger partial charge in [-0.15, -0.1) is 0 Å². The fraction of sp³-hybridized carbons (Fsp3) is 1.00. The maximum atomic E-state index is 12.6. The van der Waals surface area contributed by atoms with E-state index < -0.39 is 10.0 Å². The monoisotopic (exact) mass is 288 g/mol. The average molecular weight is 288 g/mol. The van der Waals surface area contributed by atoms with Crippen LogP contribution in [0.4, 0.5) is 0 Å². The average Bonchev–Trinajstić information content (AvgIpc) is 2.39. The molecule has 1 saturated carbocycles. The van der Waals surface area contributed by atoms with Crippen LogP contribution in [-0.4, -0.2) is 44.2 Å². The van der Waals surface area contributed by atoms with Crippen LogP contribution < -0.4 is 5.32 Å². The Bertz CT molecular complexity index is 390. The molecule has 2 rings (SSSR count). The lowest BCUT2D eigenvalue weighted by Gasteiger charge is -2.39. The minimum absolute atomic E-state index is 0.208. The molecule has 1 saturated heterocycles. The summed E-state index contributed by atoms with van der Waals surface area (Å²) in [6.07, 6.45) is 6.03. The summed E-state index contributed by atoms with van der Waals surface area (Å²) in [5.74, 6) is 0. The molecule has 0 aromatic heterocycles. The van der Waals surface area contributed by atoms with Gasteiger partial charge in [-0.05, 0) is 50.5 Å². The van der Waals surface area contributed by atoms with Gasteiger partial charge in [0.15, 0.2) is 0 Å². The Hall–Kier alpha value is -0.130. The SMILES string of the molecule is CN(C1CCC(C)(C)CC1)S(=O)(=O)C1CCCNC1. The molecule has 1 N–H and O–H groups in total. The Morgan fingerprint density at radius 3 is 2.32 bits per heavy atom. The molecule has 112 valence electrons. The molecule has 0 spiro atoms. The van der Waals surface area contributed by atoms with Crippen molar-refractivity contribution in [2.45, 2.75) is 63.7 Å². The van der Waals surface area contributed by atoms with Crippen molar-refractivity contribution in [2.75, 3.05) is 20.1 Å². The molecule has 1 unspecified atom stereocenters. The van der Waals surface area contributed by atoms with Crippen LogP contribution in [-0.2, 0) is 10.0 Å². The van der Waals surface area contributed by atoms with Gasteiger partial charge in [-0.3, -0.25) is 0 Å². The Kier molecular flexibility index (Phi) is 4.58. The fourth-order valence-corrected chi connectivity index (χ4v) is 5.15. The number of rotatable bonds is 3. The third-order valence-electron chi connectivity index (χ3n) is 4.90. The van der Waals surface area contributed by atoms with Crippen molar-refractivity contribution in [2.24, 2.45) is 5.41 Å². The van der Waals surface area contributed by atoms with Crippen LogP contribution in [0.2, 0.25) is 0 Å². The van der Waals surface area contributed by atoms with E-state index in [0.717, 1.165) is 45.1 Å². The van der Waals surface area contributed by atoms with E-state index in [1.54, 1.807) is 11.4 Å². The summed E-state index contributed by atoms with van der Waals surface area (Å²) in [6, 6.07) is 0.208. The second kappa shape index (κ2) is 5.70. The maximum absolute atomic E-state index is 12.6. The van der Waals surface area contributed by atoms with E-state index in [0.29, 0.717) is 12.0 Å². The number of nitrogens with one attached hydrogen (secondary N) is 1. The molecule has 1 atom stereocenters. The predicted octanol–water partition coefficient (Wildman–Crippen LogP) is 1.97. The van der Waals surface area contributed by atoms with E-state index in [-0.39, 0.29) is 11.3 Å². The second-order valence-electron chi connectivity index (χ2n) is 6.92. The van der Waals surface area contributed by atoms with Crippen LogP contribution in [0.5, 0.6) is 0 Å². The zero-order valence-electron chi connectivity index (χ0n) is 12.5. The summed E-state index contributed by atoms with van der Waals surface area (Å²) in [5, 5.41) is 2.98. The van der Waals surface area contributed by atoms with Gasteiger partial charge in [0.25, 0.3) is 0 Å². The van der Waals surface area contributed by atoms with Gasteiger partial charge in [0.1, 0.15) is 0 Å². The van der Waals surface area contributed by atoms with Crippen LogP contribution in [0.25, 0.3) is 0 Å². The minimum Gasteiger partial charge on any atom is -0.315 e. The van der Waals surface area contributed by atoms with Crippen LogP contribution >= 0.6 is 0 Å². The molecule has 0 aromatic rings. The van der Waals surface area contributed by atoms with E-state index in [1.165, 1.54) is 0 Å². The fourth-order valence-electron chi connectivity index (χ4n) is 3.26. The van der Waals surface area contributed by atoms with Gasteiger partial charge in [0.05, 0.1) is 5.25 Å². The summed E-state index contributed by atoms with van der Waals surface area (Å²) >= 11 is 0. The molecule has 0 bridgehead atoms. The lowest BCUT2D eigenvalue weighted by atomic mass is 9.76. The van der Waals surface area contributed by atoms with Crippen LogP contribution in [0.1, 0.15) is 52.4 Å². The summed E-state index contributed by atoms with van der Waals surface area (Å²) in [4.78, 5) is 0. The maximum Gasteiger partial charge on any atom is 0.218 e. The molecule has 1 heterocycles. The highest BCUT2D eigenvalue weighted by atomic mass is 32.2. The first kappa shape index (κ1) is 15.3. The van der Waals surface area contributed by atoms with Crippen LogP contribution in [0.3, 0.4) is 0 Å². The molecule has 0 amide bonds. The molecule has 0 radical (unpaired) electrons. The van der Waals surface area contributed by atoms with Crippen molar-refractivity contribution in [3.63, 3.8) is 0 Å². The number of hydrogen-bond acceptors (Lipinski definition) is 3. The first-order chi connectivity index (χ1) is 8.83. The molecule has 5 heteroatoms. The van der Waals surface area contributed by atoms with Crippen molar-refractivity contribution >= 4 is 10.0 Å². The van der Waals surface area contributed by atoms with E-state index in [2.05, 4.69) is 19.2 Å². The van der Waals surface area contributed by atoms with E-state index in [9.17, 15) is 8.42 Å². The number of nitrogens with zero attached hydrogens (tertiary/aromatic N) is 1. The van der Waals surface area contributed by atoms with Crippen LogP contribution in [0.15, 0.2) is 0 Å². The van der Waals surface area contributed by atoms with Gasteiger partial charge in [-0.1, -0.05) is 13.8 Å². The third kappa shape index (κ3) is 3.50. The van der Waals surface area contributed by atoms with E-state index in [4.69, 9.17) is 0 Å². The molecule has 2 aliphatic rings. The second-order valence-corrected chi connectivity index (χ2v) is 9.20. The third-order valence-corrected chi connectivity index (χ3v) is 7.24. The first-order valence-corrected chi connectivity index (χ1v) is 9.01. The van der Waals surface area contributed by atoms with E-state index in [1.807, 2.05) is 0 Å². The predicted molar refractivity (Wildman–Crippen MR) is 78.6 cm³/mol. The van der Waals surface area contributed by atoms with Crippen molar-refractivity contribution in [3.8, 4) is 0 Å². The highest BCUT2D eigenvalue weighted by Gasteiger charge is 2.37. The Morgan fingerprint density at radius 1 is 1.16 bits per heavy atom. The highest BCUT2D eigenvalue weighted by Crippen LogP contribution is 2.37. The zero-order valence-corrected chi connectivity index (χ0v) is 13.3. The van der Waals surface area contributed by atoms with Gasteiger partial charge in [-0.2, -0.15) is 0 Å². The molecule has 1 aliphatic carbocycles. The Morgan fingerprint density at radius 2 is 1.79 bits per heavy atom. The molecule has 0 aromatic carbocycles. The van der Waals surface area contributed by atoms with Crippen molar-refractivity contribution < 1.29 is 8.42 Å². The van der Waals surface area contributed by atoms with Gasteiger partial charge >= 0.3 is 0 Å². The lowest BCUT2D eigenvalue weighted by Crippen LogP contribution is -2.49. The van der Waals surface area contributed by atoms with Gasteiger partial charge in [0.2, 0.25) is 10.0 Å². The molecule has 2 fully saturated rings. The molecule has 19 heavy (non-hydrogen) atoms. The summed E-state index contributed by atoms with van der Waals surface area (Å²) in [7, 11) is -1.34. The smallest absolute Gasteiger partial charge is 0.218 e. The number of hydrogen-bond donors (Lipinski definition) is 1.